The van der Waals surface area contributed by atoms with Crippen molar-refractivity contribution in [1.29, 1.82) is 0 Å². The Hall–Kier alpha value is -2.06. The Balaban J connectivity index is 1.62. The van der Waals surface area contributed by atoms with Gasteiger partial charge in [-0.05, 0) is 26.7 Å². The lowest BCUT2D eigenvalue weighted by Gasteiger charge is -2.36. The first-order chi connectivity index (χ1) is 13.0. The highest BCUT2D eigenvalue weighted by atomic mass is 16.5. The number of amides is 2. The average molecular weight is 376 g/mol. The second-order valence-electron chi connectivity index (χ2n) is 7.28. The minimum atomic E-state index is -0.213. The molecule has 2 aliphatic rings. The highest BCUT2D eigenvalue weighted by Gasteiger charge is 2.28. The highest BCUT2D eigenvalue weighted by molar-refractivity contribution is 5.92. The monoisotopic (exact) mass is 376 g/mol. The fourth-order valence-electron chi connectivity index (χ4n) is 3.65. The van der Waals surface area contributed by atoms with Gasteiger partial charge in [-0.1, -0.05) is 0 Å². The van der Waals surface area contributed by atoms with Gasteiger partial charge in [0, 0.05) is 51.6 Å². The Labute approximate surface area is 159 Å². The lowest BCUT2D eigenvalue weighted by molar-refractivity contribution is -0.143. The number of morpholine rings is 1. The van der Waals surface area contributed by atoms with E-state index in [2.05, 4.69) is 9.97 Å². The molecule has 148 valence electrons. The fraction of sp³-hybridized carbons (Fsp3) is 0.684. The molecule has 0 spiro atoms. The van der Waals surface area contributed by atoms with E-state index in [0.29, 0.717) is 26.2 Å². The van der Waals surface area contributed by atoms with Gasteiger partial charge in [0.1, 0.15) is 5.69 Å². The summed E-state index contributed by atoms with van der Waals surface area (Å²) in [7, 11) is 0. The van der Waals surface area contributed by atoms with E-state index in [1.165, 1.54) is 18.6 Å². The third-order valence-electron chi connectivity index (χ3n) is 4.89. The van der Waals surface area contributed by atoms with Crippen LogP contribution in [0.1, 0.15) is 43.6 Å². The maximum atomic E-state index is 12.8. The molecule has 0 bridgehead atoms. The van der Waals surface area contributed by atoms with Gasteiger partial charge >= 0.3 is 0 Å². The minimum absolute atomic E-state index is 0.0177. The number of carbonyl (C=O) groups excluding carboxylic acids is 2. The third-order valence-corrected chi connectivity index (χ3v) is 4.89. The van der Waals surface area contributed by atoms with Gasteiger partial charge in [-0.15, -0.1) is 0 Å². The number of nitrogens with zero attached hydrogens (tertiary/aromatic N) is 4. The van der Waals surface area contributed by atoms with Crippen LogP contribution in [0.15, 0.2) is 18.6 Å². The molecule has 2 aliphatic heterocycles. The Morgan fingerprint density at radius 3 is 2.67 bits per heavy atom. The summed E-state index contributed by atoms with van der Waals surface area (Å²) in [6.45, 7) is 6.65. The Bertz CT molecular complexity index is 626. The smallest absolute Gasteiger partial charge is 0.274 e. The van der Waals surface area contributed by atoms with Crippen molar-refractivity contribution in [3.05, 3.63) is 24.3 Å². The molecule has 3 heterocycles. The normalized spacial score (nSPS) is 25.4. The molecular formula is C19H28N4O4. The van der Waals surface area contributed by atoms with Crippen molar-refractivity contribution in [2.75, 3.05) is 32.8 Å². The molecule has 27 heavy (non-hydrogen) atoms. The maximum Gasteiger partial charge on any atom is 0.274 e. The van der Waals surface area contributed by atoms with Crippen LogP contribution in [0.5, 0.6) is 0 Å². The predicted molar refractivity (Wildman–Crippen MR) is 98.1 cm³/mol. The van der Waals surface area contributed by atoms with Crippen molar-refractivity contribution in [3.63, 3.8) is 0 Å². The molecule has 8 heteroatoms. The van der Waals surface area contributed by atoms with Crippen molar-refractivity contribution in [2.45, 2.75) is 51.4 Å². The number of carbonyl (C=O) groups is 2. The lowest BCUT2D eigenvalue weighted by Crippen LogP contribution is -2.49. The SMILES string of the molecule is CC1CN(C(=O)CCN(CC2CCCO2)C(=O)c2cnccn2)CC(C)O1. The molecule has 8 nitrogen and oxygen atoms in total. The van der Waals surface area contributed by atoms with Gasteiger partial charge in [0.05, 0.1) is 24.5 Å². The van der Waals surface area contributed by atoms with Crippen molar-refractivity contribution in [2.24, 2.45) is 0 Å². The van der Waals surface area contributed by atoms with Crippen molar-refractivity contribution in [1.82, 2.24) is 19.8 Å². The van der Waals surface area contributed by atoms with Gasteiger partial charge in [0.2, 0.25) is 5.91 Å². The van der Waals surface area contributed by atoms with Crippen LogP contribution in [-0.2, 0) is 14.3 Å². The molecule has 0 aliphatic carbocycles. The molecule has 3 unspecified atom stereocenters. The Morgan fingerprint density at radius 2 is 2.04 bits per heavy atom. The molecule has 2 saturated heterocycles. The van der Waals surface area contributed by atoms with Crippen LogP contribution in [0, 0.1) is 0 Å². The maximum absolute atomic E-state index is 12.8. The fourth-order valence-corrected chi connectivity index (χ4v) is 3.65. The van der Waals surface area contributed by atoms with Gasteiger partial charge in [0.15, 0.2) is 0 Å². The molecule has 1 aromatic rings. The third kappa shape index (κ3) is 5.46. The van der Waals surface area contributed by atoms with E-state index >= 15 is 0 Å². The first-order valence-electron chi connectivity index (χ1n) is 9.63. The van der Waals surface area contributed by atoms with Crippen LogP contribution >= 0.6 is 0 Å². The standard InChI is InChI=1S/C19H28N4O4/c1-14-11-23(12-15(2)27-14)18(24)5-8-22(13-16-4-3-9-26-16)19(25)17-10-20-6-7-21-17/h6-7,10,14-16H,3-5,8-9,11-13H2,1-2H3. The first-order valence-corrected chi connectivity index (χ1v) is 9.63. The molecule has 0 aromatic carbocycles. The van der Waals surface area contributed by atoms with Gasteiger partial charge in [0.25, 0.3) is 5.91 Å². The van der Waals surface area contributed by atoms with E-state index in [9.17, 15) is 9.59 Å². The molecule has 3 rings (SSSR count). The molecule has 2 fully saturated rings. The largest absolute Gasteiger partial charge is 0.376 e. The summed E-state index contributed by atoms with van der Waals surface area (Å²) in [5.41, 5.74) is 0.288. The highest BCUT2D eigenvalue weighted by Crippen LogP contribution is 2.16. The van der Waals surface area contributed by atoms with Crippen molar-refractivity contribution >= 4 is 11.8 Å². The molecule has 3 atom stereocenters. The second kappa shape index (κ2) is 9.23. The summed E-state index contributed by atoms with van der Waals surface area (Å²) >= 11 is 0. The summed E-state index contributed by atoms with van der Waals surface area (Å²) in [4.78, 5) is 37.1. The van der Waals surface area contributed by atoms with Gasteiger partial charge < -0.3 is 19.3 Å². The van der Waals surface area contributed by atoms with Gasteiger partial charge in [-0.25, -0.2) is 4.98 Å². The molecule has 2 amide bonds. The number of aromatic nitrogens is 2. The van der Waals surface area contributed by atoms with E-state index in [-0.39, 0.29) is 42.2 Å². The summed E-state index contributed by atoms with van der Waals surface area (Å²) in [5, 5.41) is 0. The predicted octanol–water partition coefficient (Wildman–Crippen LogP) is 1.12. The van der Waals surface area contributed by atoms with E-state index in [1.807, 2.05) is 18.7 Å². The van der Waals surface area contributed by atoms with E-state index in [1.54, 1.807) is 4.90 Å². The van der Waals surface area contributed by atoms with E-state index in [0.717, 1.165) is 19.4 Å². The topological polar surface area (TPSA) is 84.9 Å². The number of rotatable bonds is 6. The Morgan fingerprint density at radius 1 is 1.26 bits per heavy atom. The molecule has 1 aromatic heterocycles. The van der Waals surface area contributed by atoms with Crippen molar-refractivity contribution < 1.29 is 19.1 Å². The van der Waals surface area contributed by atoms with Crippen LogP contribution in [0.3, 0.4) is 0 Å². The van der Waals surface area contributed by atoms with Crippen LogP contribution in [0.25, 0.3) is 0 Å². The molecule has 0 radical (unpaired) electrons. The molecular weight excluding hydrogens is 348 g/mol. The van der Waals surface area contributed by atoms with Crippen molar-refractivity contribution in [3.8, 4) is 0 Å². The summed E-state index contributed by atoms with van der Waals surface area (Å²) in [6.07, 6.45) is 6.77. The number of hydrogen-bond acceptors (Lipinski definition) is 6. The zero-order chi connectivity index (χ0) is 19.2. The Kier molecular flexibility index (Phi) is 6.73. The van der Waals surface area contributed by atoms with E-state index in [4.69, 9.17) is 9.47 Å². The lowest BCUT2D eigenvalue weighted by atomic mass is 10.2. The summed E-state index contributed by atoms with van der Waals surface area (Å²) in [6, 6.07) is 0. The summed E-state index contributed by atoms with van der Waals surface area (Å²) < 4.78 is 11.4. The number of ether oxygens (including phenoxy) is 2. The quantitative estimate of drug-likeness (QED) is 0.740. The molecule has 0 N–H and O–H groups in total. The molecule has 0 saturated carbocycles. The number of hydrogen-bond donors (Lipinski definition) is 0. The van der Waals surface area contributed by atoms with Gasteiger partial charge in [-0.2, -0.15) is 0 Å². The van der Waals surface area contributed by atoms with Crippen LogP contribution in [0.2, 0.25) is 0 Å². The van der Waals surface area contributed by atoms with E-state index < -0.39 is 0 Å². The average Bonchev–Trinajstić information content (AvgIpc) is 3.17. The summed E-state index contributed by atoms with van der Waals surface area (Å²) in [5.74, 6) is -0.170. The minimum Gasteiger partial charge on any atom is -0.376 e. The van der Waals surface area contributed by atoms with Crippen LogP contribution in [0.4, 0.5) is 0 Å². The van der Waals surface area contributed by atoms with Crippen LogP contribution in [-0.4, -0.2) is 82.7 Å². The van der Waals surface area contributed by atoms with Gasteiger partial charge in [-0.3, -0.25) is 14.6 Å². The zero-order valence-electron chi connectivity index (χ0n) is 16.0. The van der Waals surface area contributed by atoms with Crippen LogP contribution < -0.4 is 0 Å². The first kappa shape index (κ1) is 19.7. The zero-order valence-corrected chi connectivity index (χ0v) is 16.0. The second-order valence-corrected chi connectivity index (χ2v) is 7.28.